The van der Waals surface area contributed by atoms with Gasteiger partial charge < -0.3 is 24.7 Å². The summed E-state index contributed by atoms with van der Waals surface area (Å²) >= 11 is 12.0. The molecule has 2 aromatic carbocycles. The van der Waals surface area contributed by atoms with Gasteiger partial charge in [-0.2, -0.15) is 0 Å². The molecule has 8 nitrogen and oxygen atoms in total. The average Bonchev–Trinajstić information content (AvgIpc) is 3.01. The number of rotatable bonds is 10. The number of nitrogens with one attached hydrogen (secondary N) is 2. The zero-order valence-corrected chi connectivity index (χ0v) is 24.9. The minimum atomic E-state index is -0.193. The Labute approximate surface area is 255 Å². The van der Waals surface area contributed by atoms with Crippen molar-refractivity contribution in [2.24, 2.45) is 0 Å². The first-order chi connectivity index (χ1) is 20.5. The zero-order valence-electron chi connectivity index (χ0n) is 23.4. The van der Waals surface area contributed by atoms with Gasteiger partial charge in [-0.3, -0.25) is 14.7 Å². The number of carbonyl (C=O) groups is 1. The first kappa shape index (κ1) is 28.8. The summed E-state index contributed by atoms with van der Waals surface area (Å²) in [6.45, 7) is 6.56. The number of pyridine rings is 2. The third-order valence-electron chi connectivity index (χ3n) is 7.71. The molecule has 1 amide bonds. The van der Waals surface area contributed by atoms with Crippen LogP contribution < -0.4 is 15.4 Å². The van der Waals surface area contributed by atoms with Crippen LogP contribution in [0, 0.1) is 4.51 Å². The molecule has 2 N–H and O–H groups in total. The Balaban J connectivity index is 1.25. The largest absolute Gasteiger partial charge is 0.486 e. The molecule has 1 atom stereocenters. The van der Waals surface area contributed by atoms with E-state index in [9.17, 15) is 4.79 Å². The van der Waals surface area contributed by atoms with Gasteiger partial charge in [0.2, 0.25) is 0 Å². The smallest absolute Gasteiger partial charge is 0.254 e. The second-order valence-corrected chi connectivity index (χ2v) is 11.6. The summed E-state index contributed by atoms with van der Waals surface area (Å²) in [7, 11) is 0. The summed E-state index contributed by atoms with van der Waals surface area (Å²) in [6, 6.07) is 15.7. The quantitative estimate of drug-likeness (QED) is 0.192. The predicted molar refractivity (Wildman–Crippen MR) is 166 cm³/mol. The monoisotopic (exact) mass is 603 g/mol. The summed E-state index contributed by atoms with van der Waals surface area (Å²) in [5, 5.41) is 8.08. The highest BCUT2D eigenvalue weighted by Crippen LogP contribution is 2.35. The van der Waals surface area contributed by atoms with Crippen LogP contribution in [0.2, 0.25) is 5.02 Å². The molecule has 0 saturated carbocycles. The number of nitrogens with zero attached hydrogens (tertiary/aromatic N) is 3. The Morgan fingerprint density at radius 1 is 1.07 bits per heavy atom. The van der Waals surface area contributed by atoms with Crippen molar-refractivity contribution < 1.29 is 14.3 Å². The van der Waals surface area contributed by atoms with Crippen molar-refractivity contribution in [1.82, 2.24) is 25.1 Å². The molecule has 10 heteroatoms. The van der Waals surface area contributed by atoms with Crippen LogP contribution in [0.15, 0.2) is 67.1 Å². The van der Waals surface area contributed by atoms with Crippen LogP contribution in [0.1, 0.15) is 33.5 Å². The van der Waals surface area contributed by atoms with Crippen molar-refractivity contribution >= 4 is 40.6 Å². The summed E-state index contributed by atoms with van der Waals surface area (Å²) in [6.07, 6.45) is 6.31. The molecule has 0 spiro atoms. The lowest BCUT2D eigenvalue weighted by atomic mass is 10.0. The van der Waals surface area contributed by atoms with E-state index in [0.29, 0.717) is 28.2 Å². The van der Waals surface area contributed by atoms with Gasteiger partial charge in [-0.25, -0.2) is 0 Å². The highest BCUT2D eigenvalue weighted by Gasteiger charge is 2.25. The number of carbonyl (C=O) groups excluding carboxylic acids is 1. The van der Waals surface area contributed by atoms with Gasteiger partial charge in [0.25, 0.3) is 5.91 Å². The van der Waals surface area contributed by atoms with Crippen LogP contribution in [-0.4, -0.2) is 59.3 Å². The fourth-order valence-electron chi connectivity index (χ4n) is 5.53. The Hall–Kier alpha value is -3.34. The molecule has 0 radical (unpaired) electrons. The maximum Gasteiger partial charge on any atom is 0.254 e. The Kier molecular flexibility index (Phi) is 9.12. The molecule has 1 unspecified atom stereocenters. The van der Waals surface area contributed by atoms with Crippen molar-refractivity contribution in [3.63, 3.8) is 0 Å². The van der Waals surface area contributed by atoms with Gasteiger partial charge >= 0.3 is 0 Å². The normalized spacial score (nSPS) is 16.7. The number of hydrogen-bond donors (Lipinski definition) is 2. The lowest BCUT2D eigenvalue weighted by Gasteiger charge is -2.31. The van der Waals surface area contributed by atoms with Crippen LogP contribution >= 0.6 is 23.8 Å². The maximum absolute atomic E-state index is 13.5. The Bertz CT molecular complexity index is 1610. The van der Waals surface area contributed by atoms with E-state index >= 15 is 0 Å². The van der Waals surface area contributed by atoms with Crippen molar-refractivity contribution in [1.29, 1.82) is 0 Å². The van der Waals surface area contributed by atoms with Gasteiger partial charge in [-0.05, 0) is 60.0 Å². The lowest BCUT2D eigenvalue weighted by molar-refractivity contribution is 0.0341. The molecular weight excluding hydrogens is 570 g/mol. The zero-order chi connectivity index (χ0) is 28.9. The van der Waals surface area contributed by atoms with E-state index in [4.69, 9.17) is 33.3 Å². The van der Waals surface area contributed by atoms with Crippen molar-refractivity contribution in [2.45, 2.75) is 38.7 Å². The number of amides is 1. The van der Waals surface area contributed by atoms with Gasteiger partial charge in [0.15, 0.2) is 0 Å². The summed E-state index contributed by atoms with van der Waals surface area (Å²) in [5.74, 6) is 0.625. The number of benzene rings is 2. The van der Waals surface area contributed by atoms with E-state index in [2.05, 4.69) is 43.3 Å². The van der Waals surface area contributed by atoms with Gasteiger partial charge in [-0.15, -0.1) is 0 Å². The van der Waals surface area contributed by atoms with Gasteiger partial charge in [0.05, 0.1) is 35.3 Å². The number of hydrogen-bond acceptors (Lipinski definition) is 7. The van der Waals surface area contributed by atoms with Crippen LogP contribution in [0.5, 0.6) is 5.75 Å². The molecule has 1 fully saturated rings. The predicted octanol–water partition coefficient (Wildman–Crippen LogP) is 5.12. The first-order valence-electron chi connectivity index (χ1n) is 14.3. The van der Waals surface area contributed by atoms with E-state index in [1.54, 1.807) is 6.20 Å². The summed E-state index contributed by atoms with van der Waals surface area (Å²) in [5.41, 5.74) is 4.67. The maximum atomic E-state index is 13.5. The molecule has 1 saturated heterocycles. The second kappa shape index (κ2) is 13.3. The molecule has 42 heavy (non-hydrogen) atoms. The van der Waals surface area contributed by atoms with E-state index in [-0.39, 0.29) is 12.0 Å². The van der Waals surface area contributed by atoms with Crippen LogP contribution in [0.4, 0.5) is 0 Å². The molecule has 2 aliphatic heterocycles. The third-order valence-corrected chi connectivity index (χ3v) is 8.40. The Morgan fingerprint density at radius 2 is 1.90 bits per heavy atom. The molecular formula is C32H34ClN5O3S. The number of aromatic nitrogens is 2. The van der Waals surface area contributed by atoms with E-state index < -0.39 is 0 Å². The van der Waals surface area contributed by atoms with Crippen LogP contribution in [0.25, 0.3) is 10.9 Å². The number of morpholine rings is 1. The standard InChI is InChI=1S/C32H34ClN5O3S/c33-25-5-3-22(4-6-25)18-36-32(39)28-21-38-20-26(7-9-35-17-23-2-1-8-34-16-23)41-29-15-24(14-27(30(29)38)31(28)42)19-37-10-12-40-13-11-37/h1-6,8,14-16,21,26,35H,7,9-13,17-20H2,(H,36,39). The Morgan fingerprint density at radius 3 is 2.69 bits per heavy atom. The van der Waals surface area contributed by atoms with E-state index in [1.165, 1.54) is 0 Å². The average molecular weight is 604 g/mol. The summed E-state index contributed by atoms with van der Waals surface area (Å²) in [4.78, 5) is 20.0. The van der Waals surface area contributed by atoms with Gasteiger partial charge in [0, 0.05) is 61.7 Å². The molecule has 6 rings (SSSR count). The van der Waals surface area contributed by atoms with E-state index in [1.807, 2.05) is 42.7 Å². The van der Waals surface area contributed by atoms with Crippen molar-refractivity contribution in [3.05, 3.63) is 98.9 Å². The first-order valence-corrected chi connectivity index (χ1v) is 15.1. The minimum Gasteiger partial charge on any atom is -0.486 e. The van der Waals surface area contributed by atoms with Crippen molar-refractivity contribution in [2.75, 3.05) is 32.8 Å². The van der Waals surface area contributed by atoms with Crippen LogP contribution in [-0.2, 0) is 30.9 Å². The lowest BCUT2D eigenvalue weighted by Crippen LogP contribution is -2.36. The number of ether oxygens (including phenoxy) is 2. The molecule has 218 valence electrons. The van der Waals surface area contributed by atoms with Gasteiger partial charge in [-0.1, -0.05) is 42.0 Å². The highest BCUT2D eigenvalue weighted by atomic mass is 35.5. The molecule has 4 heterocycles. The molecule has 0 aliphatic carbocycles. The molecule has 2 aromatic heterocycles. The molecule has 2 aliphatic rings. The van der Waals surface area contributed by atoms with Crippen molar-refractivity contribution in [3.8, 4) is 5.75 Å². The molecule has 4 aromatic rings. The highest BCUT2D eigenvalue weighted by molar-refractivity contribution is 7.71. The fraction of sp³-hybridized carbons (Fsp3) is 0.344. The summed E-state index contributed by atoms with van der Waals surface area (Å²) < 4.78 is 14.8. The topological polar surface area (TPSA) is 80.7 Å². The van der Waals surface area contributed by atoms with Crippen LogP contribution in [0.3, 0.4) is 0 Å². The molecule has 0 bridgehead atoms. The SMILES string of the molecule is O=C(NCc1ccc(Cl)cc1)c1cn2c3c(cc(CN4CCOCC4)cc3c1=S)OC(CCNCc1cccnc1)C2. The minimum absolute atomic E-state index is 0.0494. The third kappa shape index (κ3) is 6.82. The fourth-order valence-corrected chi connectivity index (χ4v) is 5.95. The van der Waals surface area contributed by atoms with Gasteiger partial charge in [0.1, 0.15) is 11.9 Å². The number of halogens is 1. The van der Waals surface area contributed by atoms with E-state index in [0.717, 1.165) is 85.7 Å². The second-order valence-electron chi connectivity index (χ2n) is 10.8.